The molecule has 1 saturated heterocycles. The molecular formula is C26H33N5O3. The highest BCUT2D eigenvalue weighted by Crippen LogP contribution is 2.29. The second-order valence-electron chi connectivity index (χ2n) is 8.94. The molecule has 2 heterocycles. The SMILES string of the molecule is CCN(CCN1CCN(c2ccc(C)cc2C)CC1)Cc1cc(-c2ccccc2[N+](=O)[O-])no1. The van der Waals surface area contributed by atoms with Crippen LogP contribution in [0.3, 0.4) is 0 Å². The standard InChI is InChI=1S/C26H33N5O3/c1-4-28(19-22-18-24(27-34-22)23-7-5-6-8-26(23)31(32)33)11-12-29-13-15-30(16-14-29)25-10-9-20(2)17-21(25)3/h5-10,17-18H,4,11-16,19H2,1-3H3. The second kappa shape index (κ2) is 10.8. The lowest BCUT2D eigenvalue weighted by Gasteiger charge is -2.37. The molecule has 0 radical (unpaired) electrons. The molecule has 8 nitrogen and oxygen atoms in total. The van der Waals surface area contributed by atoms with Crippen LogP contribution in [0.2, 0.25) is 0 Å². The zero-order chi connectivity index (χ0) is 24.1. The number of nitro benzene ring substituents is 1. The zero-order valence-electron chi connectivity index (χ0n) is 20.2. The molecule has 1 aliphatic rings. The first kappa shape index (κ1) is 23.9. The van der Waals surface area contributed by atoms with Crippen LogP contribution in [0.1, 0.15) is 23.8 Å². The van der Waals surface area contributed by atoms with Crippen molar-refractivity contribution in [2.24, 2.45) is 0 Å². The van der Waals surface area contributed by atoms with Crippen molar-refractivity contribution in [1.82, 2.24) is 15.0 Å². The van der Waals surface area contributed by atoms with Crippen molar-refractivity contribution in [1.29, 1.82) is 0 Å². The van der Waals surface area contributed by atoms with Crippen LogP contribution in [0, 0.1) is 24.0 Å². The fourth-order valence-electron chi connectivity index (χ4n) is 4.59. The van der Waals surface area contributed by atoms with Crippen molar-refractivity contribution in [3.63, 3.8) is 0 Å². The summed E-state index contributed by atoms with van der Waals surface area (Å²) in [7, 11) is 0. The smallest absolute Gasteiger partial charge is 0.278 e. The maximum Gasteiger partial charge on any atom is 0.278 e. The van der Waals surface area contributed by atoms with Crippen molar-refractivity contribution in [2.75, 3.05) is 50.7 Å². The molecule has 0 spiro atoms. The van der Waals surface area contributed by atoms with Crippen LogP contribution in [-0.4, -0.2) is 65.7 Å². The van der Waals surface area contributed by atoms with Crippen molar-refractivity contribution in [2.45, 2.75) is 27.3 Å². The van der Waals surface area contributed by atoms with Crippen LogP contribution in [0.25, 0.3) is 11.3 Å². The van der Waals surface area contributed by atoms with Crippen LogP contribution in [0.4, 0.5) is 11.4 Å². The van der Waals surface area contributed by atoms with Crippen molar-refractivity contribution in [3.05, 3.63) is 75.5 Å². The minimum absolute atomic E-state index is 0.0367. The number of aryl methyl sites for hydroxylation is 2. The number of nitrogens with zero attached hydrogens (tertiary/aromatic N) is 5. The van der Waals surface area contributed by atoms with E-state index >= 15 is 0 Å². The molecule has 3 aromatic rings. The van der Waals surface area contributed by atoms with Crippen LogP contribution in [0.5, 0.6) is 0 Å². The number of piperazine rings is 1. The predicted octanol–water partition coefficient (Wildman–Crippen LogP) is 4.51. The molecule has 34 heavy (non-hydrogen) atoms. The number of anilines is 1. The number of likely N-dealkylation sites (N-methyl/N-ethyl adjacent to an activating group) is 1. The summed E-state index contributed by atoms with van der Waals surface area (Å²) in [5.74, 6) is 0.717. The Morgan fingerprint density at radius 3 is 2.56 bits per heavy atom. The second-order valence-corrected chi connectivity index (χ2v) is 8.94. The summed E-state index contributed by atoms with van der Waals surface area (Å²) < 4.78 is 5.53. The Morgan fingerprint density at radius 2 is 1.85 bits per heavy atom. The Balaban J connectivity index is 1.29. The van der Waals surface area contributed by atoms with Gasteiger partial charge in [0.15, 0.2) is 5.76 Å². The van der Waals surface area contributed by atoms with Gasteiger partial charge in [0, 0.05) is 57.1 Å². The third kappa shape index (κ3) is 5.63. The molecule has 0 atom stereocenters. The highest BCUT2D eigenvalue weighted by Gasteiger charge is 2.21. The first-order valence-corrected chi connectivity index (χ1v) is 11.9. The largest absolute Gasteiger partial charge is 0.369 e. The van der Waals surface area contributed by atoms with Crippen LogP contribution in [0.15, 0.2) is 53.1 Å². The van der Waals surface area contributed by atoms with Gasteiger partial charge >= 0.3 is 0 Å². The van der Waals surface area contributed by atoms with Gasteiger partial charge in [-0.15, -0.1) is 0 Å². The molecule has 1 fully saturated rings. The lowest BCUT2D eigenvalue weighted by molar-refractivity contribution is -0.384. The Morgan fingerprint density at radius 1 is 1.09 bits per heavy atom. The Bertz CT molecular complexity index is 1120. The highest BCUT2D eigenvalue weighted by atomic mass is 16.6. The van der Waals surface area contributed by atoms with E-state index in [2.05, 4.69) is 58.8 Å². The van der Waals surface area contributed by atoms with Gasteiger partial charge in [0.25, 0.3) is 5.69 Å². The third-order valence-electron chi connectivity index (χ3n) is 6.56. The molecule has 2 aromatic carbocycles. The molecule has 180 valence electrons. The predicted molar refractivity (Wildman–Crippen MR) is 134 cm³/mol. The maximum atomic E-state index is 11.3. The van der Waals surface area contributed by atoms with Gasteiger partial charge in [-0.3, -0.25) is 19.9 Å². The third-order valence-corrected chi connectivity index (χ3v) is 6.56. The summed E-state index contributed by atoms with van der Waals surface area (Å²) in [5, 5.41) is 15.4. The van der Waals surface area contributed by atoms with Gasteiger partial charge in [0.1, 0.15) is 5.69 Å². The van der Waals surface area contributed by atoms with Crippen LogP contribution >= 0.6 is 0 Å². The number of benzene rings is 2. The molecular weight excluding hydrogens is 430 g/mol. The highest BCUT2D eigenvalue weighted by molar-refractivity contribution is 5.70. The van der Waals surface area contributed by atoms with Gasteiger partial charge in [-0.05, 0) is 38.1 Å². The first-order valence-electron chi connectivity index (χ1n) is 11.9. The van der Waals surface area contributed by atoms with Gasteiger partial charge in [0.2, 0.25) is 0 Å². The average Bonchev–Trinajstić information content (AvgIpc) is 3.30. The number of nitro groups is 1. The molecule has 1 aliphatic heterocycles. The summed E-state index contributed by atoms with van der Waals surface area (Å²) in [4.78, 5) is 18.3. The molecule has 0 bridgehead atoms. The maximum absolute atomic E-state index is 11.3. The van der Waals surface area contributed by atoms with E-state index in [0.29, 0.717) is 17.8 Å². The van der Waals surface area contributed by atoms with Gasteiger partial charge in [-0.2, -0.15) is 0 Å². The van der Waals surface area contributed by atoms with E-state index in [4.69, 9.17) is 4.52 Å². The van der Waals surface area contributed by atoms with Gasteiger partial charge in [-0.1, -0.05) is 41.9 Å². The number of hydrogen-bond donors (Lipinski definition) is 0. The minimum Gasteiger partial charge on any atom is -0.369 e. The van der Waals surface area contributed by atoms with E-state index < -0.39 is 0 Å². The number of aromatic nitrogens is 1. The molecule has 4 rings (SSSR count). The van der Waals surface area contributed by atoms with Gasteiger partial charge in [0.05, 0.1) is 17.0 Å². The van der Waals surface area contributed by atoms with E-state index in [1.807, 2.05) is 6.07 Å². The van der Waals surface area contributed by atoms with E-state index in [-0.39, 0.29) is 10.6 Å². The Labute approximate surface area is 200 Å². The molecule has 0 N–H and O–H groups in total. The van der Waals surface area contributed by atoms with E-state index in [1.54, 1.807) is 18.2 Å². The molecule has 0 amide bonds. The monoisotopic (exact) mass is 463 g/mol. The van der Waals surface area contributed by atoms with Crippen molar-refractivity contribution >= 4 is 11.4 Å². The number of para-hydroxylation sites is 1. The van der Waals surface area contributed by atoms with Crippen LogP contribution < -0.4 is 4.90 Å². The lowest BCUT2D eigenvalue weighted by atomic mass is 10.1. The average molecular weight is 464 g/mol. The molecule has 0 aliphatic carbocycles. The summed E-state index contributed by atoms with van der Waals surface area (Å²) in [6, 6.07) is 15.1. The lowest BCUT2D eigenvalue weighted by Crippen LogP contribution is -2.48. The Kier molecular flexibility index (Phi) is 7.59. The summed E-state index contributed by atoms with van der Waals surface area (Å²) in [6.45, 7) is 14.1. The quantitative estimate of drug-likeness (QED) is 0.341. The normalized spacial score (nSPS) is 14.6. The summed E-state index contributed by atoms with van der Waals surface area (Å²) in [5.41, 5.74) is 5.02. The van der Waals surface area contributed by atoms with E-state index in [9.17, 15) is 10.1 Å². The number of rotatable bonds is 9. The van der Waals surface area contributed by atoms with Gasteiger partial charge in [-0.25, -0.2) is 0 Å². The van der Waals surface area contributed by atoms with Crippen molar-refractivity contribution in [3.8, 4) is 11.3 Å². The zero-order valence-corrected chi connectivity index (χ0v) is 20.2. The van der Waals surface area contributed by atoms with Crippen LogP contribution in [-0.2, 0) is 6.54 Å². The number of hydrogen-bond acceptors (Lipinski definition) is 7. The summed E-state index contributed by atoms with van der Waals surface area (Å²) in [6.07, 6.45) is 0. The van der Waals surface area contributed by atoms with Gasteiger partial charge < -0.3 is 9.42 Å². The molecule has 0 saturated carbocycles. The minimum atomic E-state index is -0.387. The summed E-state index contributed by atoms with van der Waals surface area (Å²) >= 11 is 0. The molecule has 0 unspecified atom stereocenters. The Hall–Kier alpha value is -3.23. The molecule has 8 heteroatoms. The molecule has 1 aromatic heterocycles. The first-order chi connectivity index (χ1) is 16.4. The topological polar surface area (TPSA) is 78.9 Å². The van der Waals surface area contributed by atoms with E-state index in [0.717, 1.165) is 51.6 Å². The van der Waals surface area contributed by atoms with Crippen molar-refractivity contribution < 1.29 is 9.45 Å². The van der Waals surface area contributed by atoms with E-state index in [1.165, 1.54) is 22.9 Å². The fourth-order valence-corrected chi connectivity index (χ4v) is 4.59. The fraction of sp³-hybridized carbons (Fsp3) is 0.423.